The fourth-order valence-electron chi connectivity index (χ4n) is 2.84. The van der Waals surface area contributed by atoms with Gasteiger partial charge in [-0.15, -0.1) is 0 Å². The molecule has 1 amide bonds. The molecule has 1 heterocycles. The number of carbonyl (C=O) groups excluding carboxylic acids is 1. The van der Waals surface area contributed by atoms with Crippen LogP contribution in [-0.2, 0) is 17.8 Å². The molecule has 1 aromatic carbocycles. The molecule has 0 radical (unpaired) electrons. The molecule has 1 atom stereocenters. The highest BCUT2D eigenvalue weighted by Crippen LogP contribution is 2.19. The summed E-state index contributed by atoms with van der Waals surface area (Å²) in [5.74, 6) is 0.345. The highest BCUT2D eigenvalue weighted by molar-refractivity contribution is 6.30. The summed E-state index contributed by atoms with van der Waals surface area (Å²) in [6.45, 7) is 4.07. The fraction of sp³-hybridized carbons (Fsp3) is 0.476. The summed E-state index contributed by atoms with van der Waals surface area (Å²) >= 11 is 5.94. The Hall–Kier alpha value is -2.18. The van der Waals surface area contributed by atoms with Crippen LogP contribution in [0.2, 0.25) is 5.02 Å². The second kappa shape index (κ2) is 11.0. The largest absolute Gasteiger partial charge is 0.393 e. The van der Waals surface area contributed by atoms with Gasteiger partial charge in [-0.2, -0.15) is 0 Å². The molecule has 2 aromatic rings. The van der Waals surface area contributed by atoms with E-state index in [-0.39, 0.29) is 18.0 Å². The van der Waals surface area contributed by atoms with Gasteiger partial charge < -0.3 is 10.4 Å². The Bertz CT molecular complexity index is 832. The van der Waals surface area contributed by atoms with Crippen LogP contribution in [0.5, 0.6) is 0 Å². The van der Waals surface area contributed by atoms with Crippen molar-refractivity contribution < 1.29 is 9.90 Å². The number of hydrogen-bond acceptors (Lipinski definition) is 4. The highest BCUT2D eigenvalue weighted by atomic mass is 35.5. The maximum Gasteiger partial charge on any atom is 0.254 e. The Morgan fingerprint density at radius 1 is 1.29 bits per heavy atom. The van der Waals surface area contributed by atoms with Gasteiger partial charge in [0, 0.05) is 29.6 Å². The van der Waals surface area contributed by atoms with Crippen molar-refractivity contribution in [2.75, 3.05) is 6.54 Å². The van der Waals surface area contributed by atoms with E-state index < -0.39 is 6.10 Å². The first-order valence-electron chi connectivity index (χ1n) is 9.72. The van der Waals surface area contributed by atoms with Crippen molar-refractivity contribution in [1.82, 2.24) is 14.9 Å². The molecule has 0 aliphatic rings. The minimum atomic E-state index is -0.479. The Balaban J connectivity index is 2.25. The maximum atomic E-state index is 12.7. The first-order valence-corrected chi connectivity index (χ1v) is 10.1. The topological polar surface area (TPSA) is 84.2 Å². The van der Waals surface area contributed by atoms with Crippen molar-refractivity contribution >= 4 is 17.5 Å². The van der Waals surface area contributed by atoms with Gasteiger partial charge in [0.1, 0.15) is 12.4 Å². The number of nitrogens with zero attached hydrogens (tertiary/aromatic N) is 2. The van der Waals surface area contributed by atoms with Crippen LogP contribution >= 0.6 is 11.6 Å². The molecule has 0 bridgehead atoms. The fourth-order valence-corrected chi connectivity index (χ4v) is 2.96. The van der Waals surface area contributed by atoms with E-state index in [4.69, 9.17) is 11.6 Å². The zero-order valence-corrected chi connectivity index (χ0v) is 17.2. The first kappa shape index (κ1) is 22.1. The van der Waals surface area contributed by atoms with Crippen LogP contribution in [0.3, 0.4) is 0 Å². The van der Waals surface area contributed by atoms with Crippen molar-refractivity contribution in [2.24, 2.45) is 0 Å². The number of benzene rings is 1. The Morgan fingerprint density at radius 3 is 2.64 bits per heavy atom. The lowest BCUT2D eigenvalue weighted by atomic mass is 10.1. The van der Waals surface area contributed by atoms with E-state index in [1.54, 1.807) is 19.1 Å². The molecular formula is C21H28ClN3O3. The van der Waals surface area contributed by atoms with Crippen molar-refractivity contribution in [3.05, 3.63) is 51.5 Å². The second-order valence-electron chi connectivity index (χ2n) is 6.93. The lowest BCUT2D eigenvalue weighted by Gasteiger charge is -2.14. The monoisotopic (exact) mass is 405 g/mol. The number of unbranched alkanes of at least 4 members (excludes halogenated alkanes) is 2. The number of hydrogen-bond donors (Lipinski definition) is 2. The summed E-state index contributed by atoms with van der Waals surface area (Å²) in [5, 5.41) is 12.7. The Morgan fingerprint density at radius 2 is 2.00 bits per heavy atom. The van der Waals surface area contributed by atoms with Gasteiger partial charge >= 0.3 is 0 Å². The zero-order valence-electron chi connectivity index (χ0n) is 16.4. The number of aryl methyl sites for hydroxylation is 1. The normalized spacial score (nSPS) is 12.0. The maximum absolute atomic E-state index is 12.7. The van der Waals surface area contributed by atoms with E-state index >= 15 is 0 Å². The number of rotatable bonds is 10. The minimum absolute atomic E-state index is 0.0754. The van der Waals surface area contributed by atoms with E-state index in [1.807, 2.05) is 12.1 Å². The van der Waals surface area contributed by atoms with Gasteiger partial charge in [0.2, 0.25) is 5.91 Å². The number of nitrogens with one attached hydrogen (secondary N) is 1. The lowest BCUT2D eigenvalue weighted by Crippen LogP contribution is -2.35. The molecule has 2 rings (SSSR count). The van der Waals surface area contributed by atoms with Gasteiger partial charge in [0.25, 0.3) is 5.56 Å². The van der Waals surface area contributed by atoms with Gasteiger partial charge in [0.15, 0.2) is 0 Å². The quantitative estimate of drug-likeness (QED) is 0.594. The molecule has 28 heavy (non-hydrogen) atoms. The molecule has 0 spiro atoms. The average Bonchev–Trinajstić information content (AvgIpc) is 2.64. The van der Waals surface area contributed by atoms with Crippen molar-refractivity contribution in [1.29, 1.82) is 0 Å². The predicted molar refractivity (Wildman–Crippen MR) is 111 cm³/mol. The predicted octanol–water partition coefficient (Wildman–Crippen LogP) is 3.18. The summed E-state index contributed by atoms with van der Waals surface area (Å²) in [7, 11) is 0. The number of aliphatic hydroxyl groups is 1. The summed E-state index contributed by atoms with van der Waals surface area (Å²) < 4.78 is 1.44. The molecule has 1 unspecified atom stereocenters. The molecule has 1 aromatic heterocycles. The number of aliphatic hydroxyl groups excluding tert-OH is 1. The van der Waals surface area contributed by atoms with Crippen LogP contribution in [0, 0.1) is 0 Å². The Kier molecular flexibility index (Phi) is 8.67. The first-order chi connectivity index (χ1) is 13.4. The van der Waals surface area contributed by atoms with E-state index in [2.05, 4.69) is 17.2 Å². The molecule has 152 valence electrons. The highest BCUT2D eigenvalue weighted by Gasteiger charge is 2.13. The van der Waals surface area contributed by atoms with Crippen molar-refractivity contribution in [3.63, 3.8) is 0 Å². The van der Waals surface area contributed by atoms with Gasteiger partial charge in [-0.3, -0.25) is 14.2 Å². The third kappa shape index (κ3) is 6.77. The van der Waals surface area contributed by atoms with Crippen LogP contribution in [0.25, 0.3) is 11.3 Å². The van der Waals surface area contributed by atoms with Crippen LogP contribution < -0.4 is 10.9 Å². The zero-order chi connectivity index (χ0) is 20.5. The van der Waals surface area contributed by atoms with Crippen molar-refractivity contribution in [2.45, 2.75) is 58.6 Å². The van der Waals surface area contributed by atoms with Crippen LogP contribution in [0.1, 0.15) is 45.4 Å². The smallest absolute Gasteiger partial charge is 0.254 e. The summed E-state index contributed by atoms with van der Waals surface area (Å²) in [4.78, 5) is 29.6. The van der Waals surface area contributed by atoms with Crippen LogP contribution in [-0.4, -0.2) is 33.2 Å². The lowest BCUT2D eigenvalue weighted by molar-refractivity contribution is -0.121. The number of amides is 1. The summed E-state index contributed by atoms with van der Waals surface area (Å²) in [6, 6.07) is 8.63. The summed E-state index contributed by atoms with van der Waals surface area (Å²) in [5.41, 5.74) is 1.14. The minimum Gasteiger partial charge on any atom is -0.393 e. The Labute approximate surface area is 170 Å². The third-order valence-corrected chi connectivity index (χ3v) is 4.67. The molecule has 0 saturated carbocycles. The van der Waals surface area contributed by atoms with E-state index in [1.165, 1.54) is 10.6 Å². The molecule has 0 saturated heterocycles. The van der Waals surface area contributed by atoms with E-state index in [9.17, 15) is 14.7 Å². The van der Waals surface area contributed by atoms with Gasteiger partial charge in [-0.25, -0.2) is 4.98 Å². The molecule has 0 aliphatic heterocycles. The molecule has 2 N–H and O–H groups in total. The molecular weight excluding hydrogens is 378 g/mol. The number of carbonyl (C=O) groups is 1. The molecule has 6 nitrogen and oxygen atoms in total. The van der Waals surface area contributed by atoms with Crippen molar-refractivity contribution in [3.8, 4) is 11.3 Å². The number of aromatic nitrogens is 2. The molecule has 0 aliphatic carbocycles. The molecule has 0 fully saturated rings. The SMILES string of the molecule is CCCCCc1nc(-c2ccc(Cl)cc2)cc(=O)n1CC(=O)NCCC(C)O. The van der Waals surface area contributed by atoms with Gasteiger partial charge in [0.05, 0.1) is 11.8 Å². The van der Waals surface area contributed by atoms with E-state index in [0.717, 1.165) is 24.8 Å². The number of halogens is 1. The average molecular weight is 406 g/mol. The third-order valence-electron chi connectivity index (χ3n) is 4.42. The van der Waals surface area contributed by atoms with Gasteiger partial charge in [-0.05, 0) is 31.9 Å². The van der Waals surface area contributed by atoms with Gasteiger partial charge in [-0.1, -0.05) is 43.5 Å². The van der Waals surface area contributed by atoms with Crippen LogP contribution in [0.15, 0.2) is 35.1 Å². The standard InChI is InChI=1S/C21H28ClN3O3/c1-3-4-5-6-19-24-18(16-7-9-17(22)10-8-16)13-21(28)25(19)14-20(27)23-12-11-15(2)26/h7-10,13,15,26H,3-6,11-12,14H2,1-2H3,(H,23,27). The van der Waals surface area contributed by atoms with Crippen LogP contribution in [0.4, 0.5) is 0 Å². The second-order valence-corrected chi connectivity index (χ2v) is 7.37. The molecule has 7 heteroatoms. The van der Waals surface area contributed by atoms with E-state index in [0.29, 0.717) is 35.9 Å². The summed E-state index contributed by atoms with van der Waals surface area (Å²) in [6.07, 6.45) is 3.61.